The summed E-state index contributed by atoms with van der Waals surface area (Å²) in [6.45, 7) is 1.91. The molecule has 41 heavy (non-hydrogen) atoms. The Kier molecular flexibility index (Phi) is 8.93. The molecule has 1 saturated carbocycles. The highest BCUT2D eigenvalue weighted by atomic mass is 32.1. The molecule has 0 aliphatic heterocycles. The summed E-state index contributed by atoms with van der Waals surface area (Å²) >= 11 is 1.49. The maximum absolute atomic E-state index is 13.6. The molecule has 2 aromatic carbocycles. The van der Waals surface area contributed by atoms with Crippen molar-refractivity contribution in [1.82, 2.24) is 9.55 Å². The molecule has 0 atom stereocenters. The van der Waals surface area contributed by atoms with Crippen molar-refractivity contribution >= 4 is 39.2 Å². The maximum atomic E-state index is 13.6. The fourth-order valence-electron chi connectivity index (χ4n) is 5.76. The normalized spacial score (nSPS) is 13.8. The van der Waals surface area contributed by atoms with E-state index in [1.807, 2.05) is 43.3 Å². The largest absolute Gasteiger partial charge is 0.496 e. The number of ether oxygens (including phenoxy) is 3. The van der Waals surface area contributed by atoms with Crippen molar-refractivity contribution in [1.29, 1.82) is 0 Å². The van der Waals surface area contributed by atoms with E-state index in [1.165, 1.54) is 50.6 Å². The number of hydrogen-bond donors (Lipinski definition) is 1. The van der Waals surface area contributed by atoms with Crippen LogP contribution >= 0.6 is 11.3 Å². The van der Waals surface area contributed by atoms with E-state index in [-0.39, 0.29) is 12.5 Å². The van der Waals surface area contributed by atoms with Gasteiger partial charge in [-0.05, 0) is 55.5 Å². The Morgan fingerprint density at radius 3 is 2.51 bits per heavy atom. The van der Waals surface area contributed by atoms with Crippen molar-refractivity contribution in [2.75, 3.05) is 26.6 Å². The van der Waals surface area contributed by atoms with Gasteiger partial charge in [0.25, 0.3) is 5.91 Å². The summed E-state index contributed by atoms with van der Waals surface area (Å²) in [6.07, 6.45) is 8.41. The SMILES string of the molecule is COC(=O)Cn1c(C(=O)Nc2nc(-c3cc(OC)c(C)cc3OC)c(CCC3CCCCC3)s2)cc2ccccc21. The second-order valence-corrected chi connectivity index (χ2v) is 11.6. The Hall–Kier alpha value is -3.85. The second-order valence-electron chi connectivity index (χ2n) is 10.6. The number of nitrogens with one attached hydrogen (secondary N) is 1. The number of carbonyl (C=O) groups is 2. The molecule has 0 saturated heterocycles. The third kappa shape index (κ3) is 6.25. The van der Waals surface area contributed by atoms with Gasteiger partial charge in [0.1, 0.15) is 23.7 Å². The van der Waals surface area contributed by atoms with Gasteiger partial charge in [0.15, 0.2) is 5.13 Å². The van der Waals surface area contributed by atoms with Gasteiger partial charge >= 0.3 is 5.97 Å². The van der Waals surface area contributed by atoms with E-state index in [4.69, 9.17) is 19.2 Å². The molecule has 0 radical (unpaired) electrons. The summed E-state index contributed by atoms with van der Waals surface area (Å²) < 4.78 is 18.0. The van der Waals surface area contributed by atoms with Crippen LogP contribution in [-0.2, 0) is 22.5 Å². The molecule has 2 aromatic heterocycles. The molecule has 1 fully saturated rings. The second kappa shape index (κ2) is 12.8. The van der Waals surface area contributed by atoms with E-state index in [0.717, 1.165) is 51.2 Å². The van der Waals surface area contributed by atoms with Gasteiger partial charge in [0.2, 0.25) is 0 Å². The molecule has 1 aliphatic carbocycles. The molecule has 4 aromatic rings. The Labute approximate surface area is 244 Å². The number of thiazole rings is 1. The molecule has 5 rings (SSSR count). The number of rotatable bonds is 10. The van der Waals surface area contributed by atoms with Crippen LogP contribution in [0.1, 0.15) is 59.5 Å². The molecule has 216 valence electrons. The van der Waals surface area contributed by atoms with Gasteiger partial charge in [0, 0.05) is 21.3 Å². The van der Waals surface area contributed by atoms with Crippen LogP contribution in [0.25, 0.3) is 22.2 Å². The minimum absolute atomic E-state index is 0.0666. The predicted molar refractivity (Wildman–Crippen MR) is 162 cm³/mol. The van der Waals surface area contributed by atoms with E-state index in [9.17, 15) is 9.59 Å². The molecule has 1 aliphatic rings. The highest BCUT2D eigenvalue weighted by Crippen LogP contribution is 2.41. The molecule has 9 heteroatoms. The maximum Gasteiger partial charge on any atom is 0.325 e. The number of nitrogens with zero attached hydrogens (tertiary/aromatic N) is 2. The Bertz CT molecular complexity index is 1550. The summed E-state index contributed by atoms with van der Waals surface area (Å²) in [5, 5.41) is 4.39. The van der Waals surface area contributed by atoms with Crippen LogP contribution < -0.4 is 14.8 Å². The first-order valence-electron chi connectivity index (χ1n) is 14.1. The summed E-state index contributed by atoms with van der Waals surface area (Å²) in [6, 6.07) is 13.3. The van der Waals surface area contributed by atoms with E-state index in [1.54, 1.807) is 24.9 Å². The lowest BCUT2D eigenvalue weighted by Crippen LogP contribution is -2.20. The standard InChI is InChI=1S/C32H37N3O5S/c1-20-16-27(39-3)23(18-26(20)38-2)30-28(15-14-21-10-6-5-7-11-21)41-32(33-30)34-31(37)25-17-22-12-8-9-13-24(22)35(25)19-29(36)40-4/h8-9,12-13,16-18,21H,5-7,10-11,14-15,19H2,1-4H3,(H,33,34,37). The fraction of sp³-hybridized carbons (Fsp3) is 0.406. The summed E-state index contributed by atoms with van der Waals surface area (Å²) in [4.78, 5) is 31.9. The lowest BCUT2D eigenvalue weighted by atomic mass is 9.86. The number of methoxy groups -OCH3 is 3. The van der Waals surface area contributed by atoms with Gasteiger partial charge in [-0.25, -0.2) is 4.98 Å². The average Bonchev–Trinajstić information content (AvgIpc) is 3.57. The van der Waals surface area contributed by atoms with Gasteiger partial charge in [-0.2, -0.15) is 0 Å². The van der Waals surface area contributed by atoms with Crippen molar-refractivity contribution in [2.45, 2.75) is 58.4 Å². The Morgan fingerprint density at radius 1 is 1.02 bits per heavy atom. The number of anilines is 1. The van der Waals surface area contributed by atoms with Gasteiger partial charge in [-0.15, -0.1) is 11.3 Å². The van der Waals surface area contributed by atoms with Gasteiger partial charge in [0.05, 0.1) is 27.0 Å². The molecule has 0 spiro atoms. The third-order valence-corrected chi connectivity index (χ3v) is 8.98. The number of carbonyl (C=O) groups excluding carboxylic acids is 2. The topological polar surface area (TPSA) is 91.7 Å². The lowest BCUT2D eigenvalue weighted by Gasteiger charge is -2.21. The van der Waals surface area contributed by atoms with Crippen molar-refractivity contribution in [3.63, 3.8) is 0 Å². The number of para-hydroxylation sites is 1. The summed E-state index contributed by atoms with van der Waals surface area (Å²) in [5.41, 5.74) is 3.76. The number of amides is 1. The molecular weight excluding hydrogens is 538 g/mol. The lowest BCUT2D eigenvalue weighted by molar-refractivity contribution is -0.141. The average molecular weight is 576 g/mol. The minimum atomic E-state index is -0.428. The quantitative estimate of drug-likeness (QED) is 0.204. The van der Waals surface area contributed by atoms with E-state index in [0.29, 0.717) is 22.5 Å². The number of hydrogen-bond acceptors (Lipinski definition) is 7. The zero-order valence-electron chi connectivity index (χ0n) is 24.1. The van der Waals surface area contributed by atoms with Crippen LogP contribution in [-0.4, -0.2) is 42.8 Å². The van der Waals surface area contributed by atoms with Crippen molar-refractivity contribution in [2.24, 2.45) is 5.92 Å². The molecule has 1 N–H and O–H groups in total. The summed E-state index contributed by atoms with van der Waals surface area (Å²) in [5.74, 6) is 1.41. The van der Waals surface area contributed by atoms with Crippen LogP contribution in [0.5, 0.6) is 11.5 Å². The van der Waals surface area contributed by atoms with Gasteiger partial charge in [-0.3, -0.25) is 14.9 Å². The number of benzene rings is 2. The number of aromatic nitrogens is 2. The van der Waals surface area contributed by atoms with Crippen molar-refractivity contribution < 1.29 is 23.8 Å². The van der Waals surface area contributed by atoms with Crippen LogP contribution in [0.15, 0.2) is 42.5 Å². The van der Waals surface area contributed by atoms with Crippen LogP contribution in [0.2, 0.25) is 0 Å². The molecule has 8 nitrogen and oxygen atoms in total. The first-order valence-corrected chi connectivity index (χ1v) is 14.9. The first kappa shape index (κ1) is 28.7. The van der Waals surface area contributed by atoms with E-state index in [2.05, 4.69) is 5.32 Å². The van der Waals surface area contributed by atoms with Crippen molar-refractivity contribution in [3.8, 4) is 22.8 Å². The number of aryl methyl sites for hydroxylation is 2. The minimum Gasteiger partial charge on any atom is -0.496 e. The zero-order chi connectivity index (χ0) is 28.9. The number of fused-ring (bicyclic) bond motifs is 1. The molecule has 2 heterocycles. The van der Waals surface area contributed by atoms with Gasteiger partial charge < -0.3 is 18.8 Å². The summed E-state index contributed by atoms with van der Waals surface area (Å²) in [7, 11) is 4.65. The molecule has 1 amide bonds. The molecular formula is C32H37N3O5S. The van der Waals surface area contributed by atoms with E-state index >= 15 is 0 Å². The van der Waals surface area contributed by atoms with Gasteiger partial charge in [-0.1, -0.05) is 50.3 Å². The first-order chi connectivity index (χ1) is 19.9. The Morgan fingerprint density at radius 2 is 1.78 bits per heavy atom. The number of esters is 1. The molecule has 0 bridgehead atoms. The smallest absolute Gasteiger partial charge is 0.325 e. The third-order valence-electron chi connectivity index (χ3n) is 7.95. The Balaban J connectivity index is 1.50. The highest BCUT2D eigenvalue weighted by Gasteiger charge is 2.24. The fourth-order valence-corrected chi connectivity index (χ4v) is 6.74. The van der Waals surface area contributed by atoms with Crippen LogP contribution in [0.3, 0.4) is 0 Å². The van der Waals surface area contributed by atoms with E-state index < -0.39 is 5.97 Å². The predicted octanol–water partition coefficient (Wildman–Crippen LogP) is 7.03. The monoisotopic (exact) mass is 575 g/mol. The van der Waals surface area contributed by atoms with Crippen molar-refractivity contribution in [3.05, 3.63) is 58.6 Å². The highest BCUT2D eigenvalue weighted by molar-refractivity contribution is 7.16. The van der Waals surface area contributed by atoms with Crippen LogP contribution in [0, 0.1) is 12.8 Å². The zero-order valence-corrected chi connectivity index (χ0v) is 24.9. The molecule has 0 unspecified atom stereocenters. The van der Waals surface area contributed by atoms with Crippen LogP contribution in [0.4, 0.5) is 5.13 Å².